The van der Waals surface area contributed by atoms with Gasteiger partial charge in [0.1, 0.15) is 0 Å². The molecule has 1 aromatic heterocycles. The Bertz CT molecular complexity index is 329. The third-order valence-electron chi connectivity index (χ3n) is 3.07. The predicted octanol–water partition coefficient (Wildman–Crippen LogP) is 0.688. The van der Waals surface area contributed by atoms with Crippen molar-refractivity contribution in [1.29, 1.82) is 0 Å². The highest BCUT2D eigenvalue weighted by atomic mass is 79.9. The van der Waals surface area contributed by atoms with Gasteiger partial charge in [-0.05, 0) is 5.92 Å². The number of hydrogen-bond donors (Lipinski definition) is 0. The fraction of sp³-hybridized carbons (Fsp3) is 0.643. The van der Waals surface area contributed by atoms with Crippen LogP contribution in [0.3, 0.4) is 0 Å². The molecular weight excluding hydrogens is 276 g/mol. The molecule has 0 aliphatic heterocycles. The standard InChI is InChI=1S/C13H23N2.CH4.BrH/c1-6-12(3)11-13(4,5)15-10-8-9-14(15)7-2;;/h7-10,12H,2,6,11H2,1,3-5H3;1H4;1H/q+1;;/p-1. The van der Waals surface area contributed by atoms with Gasteiger partial charge in [0.15, 0.2) is 11.7 Å². The van der Waals surface area contributed by atoms with E-state index in [1.54, 1.807) is 0 Å². The van der Waals surface area contributed by atoms with Gasteiger partial charge >= 0.3 is 0 Å². The van der Waals surface area contributed by atoms with E-state index in [2.05, 4.69) is 51.2 Å². The monoisotopic (exact) mass is 302 g/mol. The molecule has 0 saturated heterocycles. The summed E-state index contributed by atoms with van der Waals surface area (Å²) in [4.78, 5) is 0. The predicted molar refractivity (Wildman–Crippen MR) is 71.1 cm³/mol. The number of nitrogens with zero attached hydrogens (tertiary/aromatic N) is 2. The molecule has 1 aromatic rings. The molecule has 2 nitrogen and oxygen atoms in total. The zero-order chi connectivity index (χ0) is 11.5. The summed E-state index contributed by atoms with van der Waals surface area (Å²) in [5.74, 6) is 0.751. The highest BCUT2D eigenvalue weighted by Crippen LogP contribution is 2.20. The van der Waals surface area contributed by atoms with Crippen molar-refractivity contribution >= 4 is 6.20 Å². The van der Waals surface area contributed by atoms with E-state index in [0.29, 0.717) is 0 Å². The zero-order valence-corrected chi connectivity index (χ0v) is 12.4. The molecule has 0 aliphatic carbocycles. The smallest absolute Gasteiger partial charge is 0.196 e. The topological polar surface area (TPSA) is 8.81 Å². The Morgan fingerprint density at radius 3 is 2.53 bits per heavy atom. The van der Waals surface area contributed by atoms with E-state index in [1.165, 1.54) is 12.8 Å². The van der Waals surface area contributed by atoms with Gasteiger partial charge < -0.3 is 17.0 Å². The molecule has 0 N–H and O–H groups in total. The zero-order valence-electron chi connectivity index (χ0n) is 10.8. The summed E-state index contributed by atoms with van der Waals surface area (Å²) < 4.78 is 4.29. The molecule has 0 aliphatic rings. The summed E-state index contributed by atoms with van der Waals surface area (Å²) in [5.41, 5.74) is 0.146. The van der Waals surface area contributed by atoms with Crippen LogP contribution in [0.25, 0.3) is 6.20 Å². The van der Waals surface area contributed by atoms with Crippen LogP contribution in [-0.2, 0) is 5.54 Å². The van der Waals surface area contributed by atoms with E-state index in [4.69, 9.17) is 0 Å². The molecular formula is C14H27BrN2. The van der Waals surface area contributed by atoms with Gasteiger partial charge in [-0.1, -0.05) is 34.3 Å². The van der Waals surface area contributed by atoms with Crippen LogP contribution >= 0.6 is 0 Å². The van der Waals surface area contributed by atoms with Crippen LogP contribution in [0.2, 0.25) is 0 Å². The minimum absolute atomic E-state index is 0. The third-order valence-corrected chi connectivity index (χ3v) is 3.07. The first-order valence-corrected chi connectivity index (χ1v) is 5.73. The van der Waals surface area contributed by atoms with Gasteiger partial charge in [0.25, 0.3) is 0 Å². The van der Waals surface area contributed by atoms with Crippen LogP contribution in [0.15, 0.2) is 25.0 Å². The number of rotatable bonds is 5. The van der Waals surface area contributed by atoms with E-state index >= 15 is 0 Å². The molecule has 0 spiro atoms. The summed E-state index contributed by atoms with van der Waals surface area (Å²) in [6.45, 7) is 12.9. The second-order valence-corrected chi connectivity index (χ2v) is 4.93. The molecule has 0 radical (unpaired) electrons. The summed E-state index contributed by atoms with van der Waals surface area (Å²) in [5, 5.41) is 0. The first-order chi connectivity index (χ1) is 7.01. The van der Waals surface area contributed by atoms with Crippen LogP contribution in [0.4, 0.5) is 0 Å². The summed E-state index contributed by atoms with van der Waals surface area (Å²) in [6, 6.07) is 2.06. The van der Waals surface area contributed by atoms with Crippen molar-refractivity contribution in [3.8, 4) is 0 Å². The molecule has 3 heteroatoms. The van der Waals surface area contributed by atoms with Crippen molar-refractivity contribution in [3.63, 3.8) is 0 Å². The molecule has 0 bridgehead atoms. The maximum atomic E-state index is 3.82. The molecule has 1 unspecified atom stereocenters. The Balaban J connectivity index is 0. The van der Waals surface area contributed by atoms with Crippen molar-refractivity contribution in [1.82, 2.24) is 4.68 Å². The van der Waals surface area contributed by atoms with E-state index in [1.807, 2.05) is 17.1 Å². The Labute approximate surface area is 117 Å². The average molecular weight is 303 g/mol. The fourth-order valence-electron chi connectivity index (χ4n) is 2.11. The summed E-state index contributed by atoms with van der Waals surface area (Å²) >= 11 is 0. The van der Waals surface area contributed by atoms with Crippen LogP contribution in [0.1, 0.15) is 48.0 Å². The lowest BCUT2D eigenvalue weighted by molar-refractivity contribution is -0.820. The van der Waals surface area contributed by atoms with Crippen molar-refractivity contribution < 1.29 is 21.7 Å². The van der Waals surface area contributed by atoms with Crippen LogP contribution in [-0.4, -0.2) is 4.68 Å². The summed E-state index contributed by atoms with van der Waals surface area (Å²) in [7, 11) is 0. The maximum Gasteiger partial charge on any atom is 0.196 e. The molecule has 17 heavy (non-hydrogen) atoms. The largest absolute Gasteiger partial charge is 1.00 e. The number of hydrogen-bond acceptors (Lipinski definition) is 0. The maximum absolute atomic E-state index is 3.82. The molecule has 0 fully saturated rings. The second kappa shape index (κ2) is 7.70. The lowest BCUT2D eigenvalue weighted by Crippen LogP contribution is -3.00. The average Bonchev–Trinajstić information content (AvgIpc) is 2.65. The van der Waals surface area contributed by atoms with E-state index in [-0.39, 0.29) is 29.9 Å². The van der Waals surface area contributed by atoms with Crippen LogP contribution < -0.4 is 21.7 Å². The minimum Gasteiger partial charge on any atom is -1.00 e. The van der Waals surface area contributed by atoms with Gasteiger partial charge in [-0.15, -0.1) is 9.36 Å². The minimum atomic E-state index is 0. The Morgan fingerprint density at radius 1 is 1.47 bits per heavy atom. The van der Waals surface area contributed by atoms with E-state index in [0.717, 1.165) is 5.92 Å². The van der Waals surface area contributed by atoms with Crippen molar-refractivity contribution in [3.05, 3.63) is 25.0 Å². The summed E-state index contributed by atoms with van der Waals surface area (Å²) in [6.07, 6.45) is 8.42. The van der Waals surface area contributed by atoms with Gasteiger partial charge in [-0.3, -0.25) is 0 Å². The molecule has 1 atom stereocenters. The quantitative estimate of drug-likeness (QED) is 0.708. The normalized spacial score (nSPS) is 12.2. The van der Waals surface area contributed by atoms with Gasteiger partial charge in [-0.2, -0.15) is 0 Å². The Kier molecular flexibility index (Phi) is 8.51. The van der Waals surface area contributed by atoms with Gasteiger partial charge in [0.05, 0.1) is 12.4 Å². The fourth-order valence-corrected chi connectivity index (χ4v) is 2.11. The van der Waals surface area contributed by atoms with Gasteiger partial charge in [0, 0.05) is 26.3 Å². The third kappa shape index (κ3) is 4.66. The van der Waals surface area contributed by atoms with Crippen molar-refractivity contribution in [2.24, 2.45) is 5.92 Å². The molecule has 0 aromatic carbocycles. The van der Waals surface area contributed by atoms with Crippen molar-refractivity contribution in [2.75, 3.05) is 0 Å². The first kappa shape index (κ1) is 18.8. The van der Waals surface area contributed by atoms with Crippen LogP contribution in [0.5, 0.6) is 0 Å². The number of halogens is 1. The molecule has 1 heterocycles. The first-order valence-electron chi connectivity index (χ1n) is 5.73. The Morgan fingerprint density at radius 2 is 2.06 bits per heavy atom. The molecule has 0 amide bonds. The SMILES string of the molecule is C.C=Cn1ccc[n+]1C(C)(C)CC(C)CC.[Br-]. The van der Waals surface area contributed by atoms with Gasteiger partial charge in [0.2, 0.25) is 0 Å². The van der Waals surface area contributed by atoms with E-state index < -0.39 is 0 Å². The lowest BCUT2D eigenvalue weighted by Gasteiger charge is -2.22. The molecule has 100 valence electrons. The highest BCUT2D eigenvalue weighted by Gasteiger charge is 2.32. The lowest BCUT2D eigenvalue weighted by atomic mass is 9.90. The van der Waals surface area contributed by atoms with E-state index in [9.17, 15) is 0 Å². The van der Waals surface area contributed by atoms with Gasteiger partial charge in [-0.25, -0.2) is 0 Å². The van der Waals surface area contributed by atoms with Crippen molar-refractivity contribution in [2.45, 2.75) is 53.5 Å². The van der Waals surface area contributed by atoms with Crippen LogP contribution in [0, 0.1) is 5.92 Å². The second-order valence-electron chi connectivity index (χ2n) is 4.93. The Hall–Kier alpha value is -0.570. The highest BCUT2D eigenvalue weighted by molar-refractivity contribution is 5.10. The molecule has 1 rings (SSSR count). The number of aromatic nitrogens is 2. The molecule has 0 saturated carbocycles.